The summed E-state index contributed by atoms with van der Waals surface area (Å²) in [6.45, 7) is 4.50. The molecule has 1 aliphatic heterocycles. The molecular weight excluding hydrogens is 498 g/mol. The van der Waals surface area contributed by atoms with Gasteiger partial charge in [0.15, 0.2) is 0 Å². The molecule has 0 atom stereocenters. The molecule has 5 heteroatoms. The zero-order valence-electron chi connectivity index (χ0n) is 21.9. The van der Waals surface area contributed by atoms with Crippen LogP contribution in [0.3, 0.4) is 0 Å². The first kappa shape index (κ1) is 22.8. The van der Waals surface area contributed by atoms with Gasteiger partial charge in [-0.15, -0.1) is 0 Å². The summed E-state index contributed by atoms with van der Waals surface area (Å²) in [6.07, 6.45) is 0. The molecule has 0 aliphatic carbocycles. The first-order chi connectivity index (χ1) is 19.4. The summed E-state index contributed by atoms with van der Waals surface area (Å²) in [5, 5.41) is 1.65. The molecule has 0 amide bonds. The van der Waals surface area contributed by atoms with Crippen molar-refractivity contribution in [2.45, 2.75) is 19.3 Å². The van der Waals surface area contributed by atoms with Crippen LogP contribution in [0.4, 0.5) is 17.1 Å². The summed E-state index contributed by atoms with van der Waals surface area (Å²) in [6, 6.07) is 32.9. The second-order valence-corrected chi connectivity index (χ2v) is 10.9. The Bertz CT molecular complexity index is 2260. The molecular formula is C35H23NO4. The number of hydrogen-bond acceptors (Lipinski definition) is 5. The Balaban J connectivity index is 1.38. The minimum absolute atomic E-state index is 0.168. The molecule has 7 aromatic rings. The lowest BCUT2D eigenvalue weighted by atomic mass is 9.73. The molecule has 0 spiro atoms. The Labute approximate surface area is 228 Å². The normalized spacial score (nSPS) is 14.1. The van der Waals surface area contributed by atoms with Gasteiger partial charge in [-0.1, -0.05) is 62.4 Å². The van der Waals surface area contributed by atoms with Crippen LogP contribution in [0.15, 0.2) is 122 Å². The zero-order valence-corrected chi connectivity index (χ0v) is 21.9. The van der Waals surface area contributed by atoms with Gasteiger partial charge in [-0.3, -0.25) is 9.59 Å². The van der Waals surface area contributed by atoms with E-state index in [-0.39, 0.29) is 16.3 Å². The minimum atomic E-state index is -0.183. The van der Waals surface area contributed by atoms with Crippen molar-refractivity contribution in [2.24, 2.45) is 0 Å². The van der Waals surface area contributed by atoms with Crippen molar-refractivity contribution in [1.29, 1.82) is 0 Å². The molecule has 1 aliphatic rings. The molecule has 0 radical (unpaired) electrons. The van der Waals surface area contributed by atoms with Gasteiger partial charge in [-0.05, 0) is 53.6 Å². The van der Waals surface area contributed by atoms with Crippen LogP contribution in [-0.4, -0.2) is 0 Å². The average molecular weight is 522 g/mol. The lowest BCUT2D eigenvalue weighted by molar-refractivity contribution is 0.631. The third-order valence-electron chi connectivity index (χ3n) is 8.25. The summed E-state index contributed by atoms with van der Waals surface area (Å²) >= 11 is 0. The zero-order chi connectivity index (χ0) is 27.2. The highest BCUT2D eigenvalue weighted by Gasteiger charge is 2.36. The van der Waals surface area contributed by atoms with Crippen LogP contribution < -0.4 is 15.8 Å². The van der Waals surface area contributed by atoms with E-state index in [0.717, 1.165) is 17.1 Å². The van der Waals surface area contributed by atoms with E-state index in [9.17, 15) is 9.59 Å². The Hall–Kier alpha value is -5.16. The van der Waals surface area contributed by atoms with E-state index in [1.54, 1.807) is 30.3 Å². The molecule has 0 unspecified atom stereocenters. The maximum Gasteiger partial charge on any atom is 0.200 e. The highest BCUT2D eigenvalue weighted by atomic mass is 16.3. The highest BCUT2D eigenvalue weighted by molar-refractivity contribution is 6.01. The van der Waals surface area contributed by atoms with Crippen LogP contribution in [0.2, 0.25) is 0 Å². The summed E-state index contributed by atoms with van der Waals surface area (Å²) < 4.78 is 12.4. The Morgan fingerprint density at radius 3 is 1.73 bits per heavy atom. The van der Waals surface area contributed by atoms with Crippen molar-refractivity contribution in [3.8, 4) is 0 Å². The number of nitrogens with zero attached hydrogens (tertiary/aromatic N) is 1. The van der Waals surface area contributed by atoms with Crippen molar-refractivity contribution in [3.63, 3.8) is 0 Å². The van der Waals surface area contributed by atoms with Crippen LogP contribution in [0.5, 0.6) is 0 Å². The number of rotatable bonds is 1. The van der Waals surface area contributed by atoms with E-state index >= 15 is 0 Å². The Morgan fingerprint density at radius 2 is 1.05 bits per heavy atom. The van der Waals surface area contributed by atoms with E-state index < -0.39 is 0 Å². The molecule has 5 aromatic carbocycles. The Morgan fingerprint density at radius 1 is 0.525 bits per heavy atom. The first-order valence-corrected chi connectivity index (χ1v) is 13.3. The molecule has 0 saturated heterocycles. The monoisotopic (exact) mass is 521 g/mol. The maximum atomic E-state index is 13.7. The number of para-hydroxylation sites is 3. The third-order valence-corrected chi connectivity index (χ3v) is 8.25. The van der Waals surface area contributed by atoms with E-state index in [2.05, 4.69) is 55.1 Å². The fourth-order valence-corrected chi connectivity index (χ4v) is 6.22. The molecule has 0 fully saturated rings. The minimum Gasteiger partial charge on any atom is -0.456 e. The first-order valence-electron chi connectivity index (χ1n) is 13.3. The van der Waals surface area contributed by atoms with Gasteiger partial charge in [0.05, 0.1) is 32.9 Å². The molecule has 0 saturated carbocycles. The number of hydrogen-bond donors (Lipinski definition) is 0. The molecule has 40 heavy (non-hydrogen) atoms. The molecule has 2 aromatic heterocycles. The standard InChI is InChI=1S/C35H23NO4/c1-35(2)25-10-4-6-12-27(25)36(28-13-7-5-11-26(28)35)20-15-16-22-30(17-20)40-32-19-31-23(18-24(32)34(22)38)33(37)21-9-3-8-14-29(21)39-31/h3-19H,1-2H3. The average Bonchev–Trinajstić information content (AvgIpc) is 2.97. The van der Waals surface area contributed by atoms with Crippen molar-refractivity contribution in [2.75, 3.05) is 4.90 Å². The Kier molecular flexibility index (Phi) is 4.52. The van der Waals surface area contributed by atoms with Crippen molar-refractivity contribution >= 4 is 60.9 Å². The molecule has 0 bridgehead atoms. The number of benzene rings is 5. The summed E-state index contributed by atoms with van der Waals surface area (Å²) in [4.78, 5) is 29.1. The fraction of sp³-hybridized carbons (Fsp3) is 0.0857. The lowest BCUT2D eigenvalue weighted by Gasteiger charge is -2.42. The van der Waals surface area contributed by atoms with E-state index in [1.165, 1.54) is 11.1 Å². The van der Waals surface area contributed by atoms with Gasteiger partial charge in [-0.2, -0.15) is 0 Å². The van der Waals surface area contributed by atoms with Gasteiger partial charge in [0.2, 0.25) is 10.9 Å². The molecule has 8 rings (SSSR count). The largest absolute Gasteiger partial charge is 0.456 e. The summed E-state index contributed by atoms with van der Waals surface area (Å²) in [7, 11) is 0. The second-order valence-electron chi connectivity index (χ2n) is 10.9. The van der Waals surface area contributed by atoms with Gasteiger partial charge in [-0.25, -0.2) is 0 Å². The lowest BCUT2D eigenvalue weighted by Crippen LogP contribution is -2.30. The van der Waals surface area contributed by atoms with Crippen molar-refractivity contribution < 1.29 is 8.83 Å². The van der Waals surface area contributed by atoms with Gasteiger partial charge < -0.3 is 13.7 Å². The van der Waals surface area contributed by atoms with Crippen LogP contribution in [0.1, 0.15) is 25.0 Å². The molecule has 3 heterocycles. The second kappa shape index (κ2) is 7.93. The predicted molar refractivity (Wildman–Crippen MR) is 160 cm³/mol. The van der Waals surface area contributed by atoms with Gasteiger partial charge in [0, 0.05) is 23.2 Å². The van der Waals surface area contributed by atoms with Crippen LogP contribution in [0, 0.1) is 0 Å². The van der Waals surface area contributed by atoms with Gasteiger partial charge in [0.1, 0.15) is 22.3 Å². The molecule has 5 nitrogen and oxygen atoms in total. The van der Waals surface area contributed by atoms with Crippen LogP contribution in [-0.2, 0) is 5.41 Å². The predicted octanol–water partition coefficient (Wildman–Crippen LogP) is 8.31. The smallest absolute Gasteiger partial charge is 0.200 e. The molecule has 0 N–H and O–H groups in total. The van der Waals surface area contributed by atoms with Crippen LogP contribution in [0.25, 0.3) is 43.9 Å². The van der Waals surface area contributed by atoms with E-state index in [0.29, 0.717) is 43.9 Å². The van der Waals surface area contributed by atoms with Crippen LogP contribution >= 0.6 is 0 Å². The SMILES string of the molecule is CC1(C)c2ccccc2N(c2ccc3c(=O)c4cc5c(=O)c6ccccc6oc5cc4oc3c2)c2ccccc21. The molecule has 192 valence electrons. The van der Waals surface area contributed by atoms with Gasteiger partial charge >= 0.3 is 0 Å². The maximum absolute atomic E-state index is 13.7. The highest BCUT2D eigenvalue weighted by Crippen LogP contribution is 2.51. The van der Waals surface area contributed by atoms with E-state index in [4.69, 9.17) is 8.83 Å². The number of anilines is 3. The van der Waals surface area contributed by atoms with Crippen molar-refractivity contribution in [3.05, 3.63) is 135 Å². The van der Waals surface area contributed by atoms with E-state index in [1.807, 2.05) is 36.4 Å². The summed E-state index contributed by atoms with van der Waals surface area (Å²) in [5.74, 6) is 0. The number of fused-ring (bicyclic) bond motifs is 6. The quantitative estimate of drug-likeness (QED) is 0.203. The van der Waals surface area contributed by atoms with Crippen molar-refractivity contribution in [1.82, 2.24) is 0 Å². The third kappa shape index (κ3) is 3.03. The fourth-order valence-electron chi connectivity index (χ4n) is 6.22. The van der Waals surface area contributed by atoms with Gasteiger partial charge in [0.25, 0.3) is 0 Å². The summed E-state index contributed by atoms with van der Waals surface area (Å²) in [5.41, 5.74) is 6.73. The topological polar surface area (TPSA) is 63.7 Å².